The van der Waals surface area contributed by atoms with Crippen molar-refractivity contribution in [2.24, 2.45) is 0 Å². The average molecular weight is 358 g/mol. The highest BCUT2D eigenvalue weighted by Gasteiger charge is 2.29. The van der Waals surface area contributed by atoms with Crippen LogP contribution in [0.5, 0.6) is 11.5 Å². The smallest absolute Gasteiger partial charge is 0.254 e. The highest BCUT2D eigenvalue weighted by Crippen LogP contribution is 2.26. The van der Waals surface area contributed by atoms with Crippen molar-refractivity contribution >= 4 is 5.91 Å². The van der Waals surface area contributed by atoms with Crippen molar-refractivity contribution in [3.8, 4) is 11.5 Å². The summed E-state index contributed by atoms with van der Waals surface area (Å²) in [6, 6.07) is 9.22. The topological polar surface area (TPSA) is 55.2 Å². The van der Waals surface area contributed by atoms with Gasteiger partial charge in [0.2, 0.25) is 0 Å². The fourth-order valence-corrected chi connectivity index (χ4v) is 3.34. The maximum Gasteiger partial charge on any atom is 0.254 e. The molecule has 0 N–H and O–H groups in total. The van der Waals surface area contributed by atoms with Crippen molar-refractivity contribution in [3.63, 3.8) is 0 Å². The van der Waals surface area contributed by atoms with Gasteiger partial charge in [-0.25, -0.2) is 0 Å². The molecule has 0 bridgehead atoms. The molecule has 6 nitrogen and oxygen atoms in total. The van der Waals surface area contributed by atoms with Gasteiger partial charge in [-0.1, -0.05) is 0 Å². The van der Waals surface area contributed by atoms with Gasteiger partial charge in [-0.05, 0) is 57.2 Å². The van der Waals surface area contributed by atoms with Crippen LogP contribution in [0.1, 0.15) is 29.0 Å². The fourth-order valence-electron chi connectivity index (χ4n) is 3.34. The number of furan rings is 1. The van der Waals surface area contributed by atoms with E-state index in [0.717, 1.165) is 31.7 Å². The van der Waals surface area contributed by atoms with Gasteiger partial charge < -0.3 is 23.7 Å². The molecule has 140 valence electrons. The number of carbonyl (C=O) groups excluding carboxylic acids is 1. The summed E-state index contributed by atoms with van der Waals surface area (Å²) in [5.41, 5.74) is 0.562. The quantitative estimate of drug-likeness (QED) is 0.794. The third kappa shape index (κ3) is 4.19. The van der Waals surface area contributed by atoms with Crippen molar-refractivity contribution < 1.29 is 18.7 Å². The van der Waals surface area contributed by atoms with Crippen LogP contribution in [0.4, 0.5) is 0 Å². The summed E-state index contributed by atoms with van der Waals surface area (Å²) < 4.78 is 16.1. The van der Waals surface area contributed by atoms with Gasteiger partial charge in [-0.15, -0.1) is 0 Å². The lowest BCUT2D eigenvalue weighted by Gasteiger charge is -2.37. The summed E-state index contributed by atoms with van der Waals surface area (Å²) in [6.45, 7) is 2.42. The molecule has 0 radical (unpaired) electrons. The minimum Gasteiger partial charge on any atom is -0.497 e. The summed E-state index contributed by atoms with van der Waals surface area (Å²) in [5.74, 6) is 1.96. The molecule has 1 aromatic carbocycles. The van der Waals surface area contributed by atoms with E-state index in [9.17, 15) is 4.79 Å². The van der Waals surface area contributed by atoms with E-state index in [1.54, 1.807) is 38.7 Å². The van der Waals surface area contributed by atoms with Crippen LogP contribution in [0.25, 0.3) is 0 Å². The molecule has 0 atom stereocenters. The Morgan fingerprint density at radius 3 is 2.38 bits per heavy atom. The lowest BCUT2D eigenvalue weighted by molar-refractivity contribution is 0.0550. The number of hydrogen-bond donors (Lipinski definition) is 0. The van der Waals surface area contributed by atoms with Gasteiger partial charge in [0.05, 0.1) is 27.0 Å². The number of rotatable bonds is 6. The van der Waals surface area contributed by atoms with E-state index >= 15 is 0 Å². The number of piperidine rings is 1. The normalized spacial score (nSPS) is 15.7. The zero-order valence-electron chi connectivity index (χ0n) is 15.6. The SMILES string of the molecule is COc1cc(OC)cc(C(=O)N(Cc2ccco2)C2CCN(C)CC2)c1. The summed E-state index contributed by atoms with van der Waals surface area (Å²) in [5, 5.41) is 0. The van der Waals surface area contributed by atoms with Gasteiger partial charge in [-0.2, -0.15) is 0 Å². The standard InChI is InChI=1S/C20H26N2O4/c1-21-8-6-16(7-9-21)22(14-17-5-4-10-26-17)20(23)15-11-18(24-2)13-19(12-15)25-3/h4-5,10-13,16H,6-9,14H2,1-3H3. The second-order valence-corrected chi connectivity index (χ2v) is 6.65. The van der Waals surface area contributed by atoms with Gasteiger partial charge in [-0.3, -0.25) is 4.79 Å². The molecule has 0 unspecified atom stereocenters. The second kappa shape index (κ2) is 8.27. The molecule has 1 aromatic heterocycles. The molecule has 2 heterocycles. The summed E-state index contributed by atoms with van der Waals surface area (Å²) >= 11 is 0. The minimum atomic E-state index is -0.0341. The number of methoxy groups -OCH3 is 2. The first-order chi connectivity index (χ1) is 12.6. The molecule has 1 amide bonds. The Morgan fingerprint density at radius 2 is 1.85 bits per heavy atom. The third-order valence-corrected chi connectivity index (χ3v) is 4.89. The molecule has 6 heteroatoms. The van der Waals surface area contributed by atoms with Gasteiger partial charge in [0.15, 0.2) is 0 Å². The number of carbonyl (C=O) groups is 1. The first-order valence-corrected chi connectivity index (χ1v) is 8.85. The van der Waals surface area contributed by atoms with Gasteiger partial charge in [0.1, 0.15) is 17.3 Å². The van der Waals surface area contributed by atoms with Gasteiger partial charge in [0, 0.05) is 17.7 Å². The Bertz CT molecular complexity index is 699. The van der Waals surface area contributed by atoms with Crippen molar-refractivity contribution in [2.45, 2.75) is 25.4 Å². The lowest BCUT2D eigenvalue weighted by atomic mass is 10.0. The average Bonchev–Trinajstić information content (AvgIpc) is 3.19. The van der Waals surface area contributed by atoms with Crippen molar-refractivity contribution in [1.82, 2.24) is 9.80 Å². The van der Waals surface area contributed by atoms with Crippen molar-refractivity contribution in [3.05, 3.63) is 47.9 Å². The zero-order valence-corrected chi connectivity index (χ0v) is 15.6. The van der Waals surface area contributed by atoms with E-state index in [-0.39, 0.29) is 11.9 Å². The highest BCUT2D eigenvalue weighted by atomic mass is 16.5. The van der Waals surface area contributed by atoms with Gasteiger partial charge in [0.25, 0.3) is 5.91 Å². The first kappa shape index (κ1) is 18.3. The van der Waals surface area contributed by atoms with Crippen molar-refractivity contribution in [2.75, 3.05) is 34.4 Å². The van der Waals surface area contributed by atoms with Crippen LogP contribution in [0.2, 0.25) is 0 Å². The van der Waals surface area contributed by atoms with Crippen molar-refractivity contribution in [1.29, 1.82) is 0 Å². The number of likely N-dealkylation sites (tertiary alicyclic amines) is 1. The van der Waals surface area contributed by atoms with Crippen LogP contribution in [-0.4, -0.2) is 56.1 Å². The highest BCUT2D eigenvalue weighted by molar-refractivity contribution is 5.95. The number of amides is 1. The Kier molecular flexibility index (Phi) is 5.83. The maximum atomic E-state index is 13.3. The van der Waals surface area contributed by atoms with E-state index in [0.29, 0.717) is 23.6 Å². The Balaban J connectivity index is 1.88. The zero-order chi connectivity index (χ0) is 18.5. The molecular weight excluding hydrogens is 332 g/mol. The fraction of sp³-hybridized carbons (Fsp3) is 0.450. The molecule has 3 rings (SSSR count). The molecule has 0 spiro atoms. The Hall–Kier alpha value is -2.47. The Labute approximate surface area is 154 Å². The monoisotopic (exact) mass is 358 g/mol. The summed E-state index contributed by atoms with van der Waals surface area (Å²) in [7, 11) is 5.28. The maximum absolute atomic E-state index is 13.3. The van der Waals surface area contributed by atoms with Crippen LogP contribution >= 0.6 is 0 Å². The molecule has 0 saturated carbocycles. The molecule has 1 aliphatic heterocycles. The Morgan fingerprint density at radius 1 is 1.19 bits per heavy atom. The molecular formula is C20H26N2O4. The molecule has 1 saturated heterocycles. The summed E-state index contributed by atoms with van der Waals surface area (Å²) in [6.07, 6.45) is 3.54. The molecule has 1 aliphatic rings. The number of hydrogen-bond acceptors (Lipinski definition) is 5. The largest absolute Gasteiger partial charge is 0.497 e. The lowest BCUT2D eigenvalue weighted by Crippen LogP contribution is -2.46. The van der Waals surface area contributed by atoms with Crippen LogP contribution in [0, 0.1) is 0 Å². The summed E-state index contributed by atoms with van der Waals surface area (Å²) in [4.78, 5) is 17.6. The molecule has 26 heavy (non-hydrogen) atoms. The van der Waals surface area contributed by atoms with Crippen LogP contribution in [-0.2, 0) is 6.54 Å². The predicted octanol–water partition coefficient (Wildman–Crippen LogP) is 3.03. The molecule has 2 aromatic rings. The van der Waals surface area contributed by atoms with Crippen LogP contribution < -0.4 is 9.47 Å². The van der Waals surface area contributed by atoms with Gasteiger partial charge >= 0.3 is 0 Å². The van der Waals surface area contributed by atoms with E-state index in [4.69, 9.17) is 13.9 Å². The number of ether oxygens (including phenoxy) is 2. The van der Waals surface area contributed by atoms with E-state index in [1.165, 1.54) is 0 Å². The number of nitrogens with zero attached hydrogens (tertiary/aromatic N) is 2. The van der Waals surface area contributed by atoms with E-state index in [1.807, 2.05) is 17.0 Å². The molecule has 1 fully saturated rings. The molecule has 0 aliphatic carbocycles. The number of benzene rings is 1. The van der Waals surface area contributed by atoms with Crippen LogP contribution in [0.3, 0.4) is 0 Å². The van der Waals surface area contributed by atoms with E-state index in [2.05, 4.69) is 11.9 Å². The predicted molar refractivity (Wildman–Crippen MR) is 98.6 cm³/mol. The minimum absolute atomic E-state index is 0.0341. The second-order valence-electron chi connectivity index (χ2n) is 6.65. The first-order valence-electron chi connectivity index (χ1n) is 8.85. The van der Waals surface area contributed by atoms with Crippen LogP contribution in [0.15, 0.2) is 41.0 Å². The van der Waals surface area contributed by atoms with E-state index < -0.39 is 0 Å². The third-order valence-electron chi connectivity index (χ3n) is 4.89.